The summed E-state index contributed by atoms with van der Waals surface area (Å²) in [6.45, 7) is 0.506. The summed E-state index contributed by atoms with van der Waals surface area (Å²) in [5.41, 5.74) is 2.54. The Labute approximate surface area is 173 Å². The SMILES string of the molecule is O=C(O)Cc1cccc(NC(=O)c2ccc(OC3CNc4ccccc4O3)cc2)c1. The molecule has 1 heterocycles. The van der Waals surface area contributed by atoms with Crippen LogP contribution in [0.15, 0.2) is 72.8 Å². The molecule has 1 unspecified atom stereocenters. The zero-order valence-electron chi connectivity index (χ0n) is 16.0. The van der Waals surface area contributed by atoms with Gasteiger partial charge in [0.05, 0.1) is 18.7 Å². The smallest absolute Gasteiger partial charge is 0.307 e. The zero-order chi connectivity index (χ0) is 20.9. The molecule has 152 valence electrons. The van der Waals surface area contributed by atoms with Crippen molar-refractivity contribution in [2.45, 2.75) is 12.7 Å². The minimum absolute atomic E-state index is 0.0989. The lowest BCUT2D eigenvalue weighted by molar-refractivity contribution is -0.136. The van der Waals surface area contributed by atoms with E-state index in [9.17, 15) is 9.59 Å². The van der Waals surface area contributed by atoms with E-state index in [2.05, 4.69) is 10.6 Å². The molecule has 1 aliphatic heterocycles. The van der Waals surface area contributed by atoms with Crippen molar-refractivity contribution in [2.24, 2.45) is 0 Å². The Morgan fingerprint density at radius 3 is 2.67 bits per heavy atom. The van der Waals surface area contributed by atoms with E-state index in [4.69, 9.17) is 14.6 Å². The van der Waals surface area contributed by atoms with Gasteiger partial charge in [0.15, 0.2) is 0 Å². The lowest BCUT2D eigenvalue weighted by atomic mass is 10.1. The standard InChI is InChI=1S/C23H20N2O5/c26-21(27)13-15-4-3-5-17(12-15)25-23(28)16-8-10-18(11-9-16)29-22-14-24-19-6-1-2-7-20(19)30-22/h1-12,22,24H,13-14H2,(H,25,28)(H,26,27). The van der Waals surface area contributed by atoms with E-state index in [1.54, 1.807) is 48.5 Å². The Hall–Kier alpha value is -4.00. The first-order chi connectivity index (χ1) is 14.6. The van der Waals surface area contributed by atoms with Crippen LogP contribution < -0.4 is 20.1 Å². The van der Waals surface area contributed by atoms with Crippen LogP contribution in [-0.2, 0) is 11.2 Å². The maximum atomic E-state index is 12.5. The Balaban J connectivity index is 1.36. The number of carbonyl (C=O) groups excluding carboxylic acids is 1. The fourth-order valence-corrected chi connectivity index (χ4v) is 3.13. The number of rotatable bonds is 6. The molecule has 0 fully saturated rings. The Morgan fingerprint density at radius 2 is 1.87 bits per heavy atom. The van der Waals surface area contributed by atoms with Gasteiger partial charge in [0.25, 0.3) is 12.2 Å². The van der Waals surface area contributed by atoms with Crippen LogP contribution in [0.4, 0.5) is 11.4 Å². The van der Waals surface area contributed by atoms with E-state index in [-0.39, 0.29) is 12.3 Å². The number of carboxylic acids is 1. The number of anilines is 2. The number of carbonyl (C=O) groups is 2. The van der Waals surface area contributed by atoms with Crippen LogP contribution in [0.2, 0.25) is 0 Å². The van der Waals surface area contributed by atoms with Crippen molar-refractivity contribution in [1.82, 2.24) is 0 Å². The monoisotopic (exact) mass is 404 g/mol. The molecule has 1 atom stereocenters. The average Bonchev–Trinajstić information content (AvgIpc) is 2.74. The van der Waals surface area contributed by atoms with Gasteiger partial charge in [-0.15, -0.1) is 0 Å². The van der Waals surface area contributed by atoms with Gasteiger partial charge in [-0.25, -0.2) is 0 Å². The van der Waals surface area contributed by atoms with Gasteiger partial charge in [0.1, 0.15) is 11.5 Å². The van der Waals surface area contributed by atoms with Crippen molar-refractivity contribution in [3.05, 3.63) is 83.9 Å². The van der Waals surface area contributed by atoms with Crippen molar-refractivity contribution in [1.29, 1.82) is 0 Å². The molecule has 30 heavy (non-hydrogen) atoms. The first-order valence-corrected chi connectivity index (χ1v) is 9.45. The summed E-state index contributed by atoms with van der Waals surface area (Å²) < 4.78 is 11.7. The van der Waals surface area contributed by atoms with Crippen LogP contribution in [0, 0.1) is 0 Å². The minimum atomic E-state index is -0.922. The summed E-state index contributed by atoms with van der Waals surface area (Å²) in [7, 11) is 0. The molecule has 7 nitrogen and oxygen atoms in total. The molecule has 0 spiro atoms. The third-order valence-corrected chi connectivity index (χ3v) is 4.53. The van der Waals surface area contributed by atoms with Crippen LogP contribution >= 0.6 is 0 Å². The highest BCUT2D eigenvalue weighted by Crippen LogP contribution is 2.29. The predicted octanol–water partition coefficient (Wildman–Crippen LogP) is 3.78. The van der Waals surface area contributed by atoms with E-state index < -0.39 is 12.3 Å². The number of benzene rings is 3. The Bertz CT molecular complexity index is 1070. The van der Waals surface area contributed by atoms with Crippen LogP contribution in [0.25, 0.3) is 0 Å². The van der Waals surface area contributed by atoms with Gasteiger partial charge < -0.3 is 25.2 Å². The highest BCUT2D eigenvalue weighted by molar-refractivity contribution is 6.04. The quantitative estimate of drug-likeness (QED) is 0.579. The van der Waals surface area contributed by atoms with Crippen molar-refractivity contribution in [3.63, 3.8) is 0 Å². The van der Waals surface area contributed by atoms with E-state index in [1.807, 2.05) is 24.3 Å². The van der Waals surface area contributed by atoms with Gasteiger partial charge in [-0.3, -0.25) is 9.59 Å². The van der Waals surface area contributed by atoms with E-state index in [1.165, 1.54) is 0 Å². The van der Waals surface area contributed by atoms with Crippen LogP contribution in [-0.4, -0.2) is 29.8 Å². The number of aliphatic carboxylic acids is 1. The number of hydrogen-bond donors (Lipinski definition) is 3. The molecule has 0 saturated heterocycles. The fourth-order valence-electron chi connectivity index (χ4n) is 3.13. The first kappa shape index (κ1) is 19.3. The molecule has 0 radical (unpaired) electrons. The highest BCUT2D eigenvalue weighted by Gasteiger charge is 2.20. The van der Waals surface area contributed by atoms with Crippen molar-refractivity contribution in [3.8, 4) is 11.5 Å². The molecule has 3 N–H and O–H groups in total. The number of carboxylic acid groups (broad SMARTS) is 1. The second-order valence-electron chi connectivity index (χ2n) is 6.79. The molecule has 4 rings (SSSR count). The zero-order valence-corrected chi connectivity index (χ0v) is 16.0. The molecule has 3 aromatic rings. The Kier molecular flexibility index (Phi) is 5.52. The summed E-state index contributed by atoms with van der Waals surface area (Å²) in [6.07, 6.45) is -0.574. The fraction of sp³-hybridized carbons (Fsp3) is 0.130. The summed E-state index contributed by atoms with van der Waals surface area (Å²) >= 11 is 0. The van der Waals surface area contributed by atoms with Gasteiger partial charge >= 0.3 is 5.97 Å². The van der Waals surface area contributed by atoms with Crippen molar-refractivity contribution >= 4 is 23.3 Å². The molecule has 0 aromatic heterocycles. The van der Waals surface area contributed by atoms with Crippen LogP contribution in [0.3, 0.4) is 0 Å². The third-order valence-electron chi connectivity index (χ3n) is 4.53. The molecular weight excluding hydrogens is 384 g/mol. The summed E-state index contributed by atoms with van der Waals surface area (Å²) in [4.78, 5) is 23.3. The molecule has 1 aliphatic rings. The highest BCUT2D eigenvalue weighted by atomic mass is 16.7. The molecule has 7 heteroatoms. The lowest BCUT2D eigenvalue weighted by Crippen LogP contribution is -2.35. The van der Waals surface area contributed by atoms with Gasteiger partial charge in [0.2, 0.25) is 0 Å². The number of fused-ring (bicyclic) bond motifs is 1. The lowest BCUT2D eigenvalue weighted by Gasteiger charge is -2.27. The van der Waals surface area contributed by atoms with Crippen LogP contribution in [0.5, 0.6) is 11.5 Å². The molecular formula is C23H20N2O5. The third kappa shape index (κ3) is 4.70. The Morgan fingerprint density at radius 1 is 1.07 bits per heavy atom. The normalized spacial score (nSPS) is 14.6. The van der Waals surface area contributed by atoms with Crippen molar-refractivity contribution < 1.29 is 24.2 Å². The van der Waals surface area contributed by atoms with E-state index in [0.29, 0.717) is 29.1 Å². The number of para-hydroxylation sites is 2. The number of hydrogen-bond acceptors (Lipinski definition) is 5. The molecule has 0 bridgehead atoms. The average molecular weight is 404 g/mol. The molecule has 1 amide bonds. The summed E-state index contributed by atoms with van der Waals surface area (Å²) in [6, 6.07) is 21.2. The number of ether oxygens (including phenoxy) is 2. The summed E-state index contributed by atoms with van der Waals surface area (Å²) in [5, 5.41) is 14.9. The summed E-state index contributed by atoms with van der Waals surface area (Å²) in [5.74, 6) is 0.101. The maximum absolute atomic E-state index is 12.5. The van der Waals surface area contributed by atoms with E-state index >= 15 is 0 Å². The van der Waals surface area contributed by atoms with E-state index in [0.717, 1.165) is 11.4 Å². The molecule has 3 aromatic carbocycles. The first-order valence-electron chi connectivity index (χ1n) is 9.45. The van der Waals surface area contributed by atoms with Gasteiger partial charge in [0, 0.05) is 11.3 Å². The van der Waals surface area contributed by atoms with Crippen molar-refractivity contribution in [2.75, 3.05) is 17.2 Å². The van der Waals surface area contributed by atoms with Crippen LogP contribution in [0.1, 0.15) is 15.9 Å². The predicted molar refractivity (Wildman–Crippen MR) is 112 cm³/mol. The number of amides is 1. The second-order valence-corrected chi connectivity index (χ2v) is 6.79. The maximum Gasteiger partial charge on any atom is 0.307 e. The largest absolute Gasteiger partial charge is 0.481 e. The second kappa shape index (κ2) is 8.57. The van der Waals surface area contributed by atoms with Gasteiger partial charge in [-0.2, -0.15) is 0 Å². The van der Waals surface area contributed by atoms with Gasteiger partial charge in [-0.05, 0) is 54.1 Å². The topological polar surface area (TPSA) is 96.9 Å². The molecule has 0 saturated carbocycles. The minimum Gasteiger partial charge on any atom is -0.481 e. The molecule has 0 aliphatic carbocycles. The number of nitrogens with one attached hydrogen (secondary N) is 2. The van der Waals surface area contributed by atoms with Gasteiger partial charge in [-0.1, -0.05) is 24.3 Å².